The molecule has 5 nitrogen and oxygen atoms in total. The number of piperazine rings is 1. The molecule has 5 heteroatoms. The average Bonchev–Trinajstić information content (AvgIpc) is 2.50. The molecule has 0 N–H and O–H groups in total. The normalized spacial score (nSPS) is 15.0. The molecule has 1 heterocycles. The number of carbonyl (C=O) groups excluding carboxylic acids is 2. The van der Waals surface area contributed by atoms with Gasteiger partial charge in [-0.05, 0) is 31.0 Å². The van der Waals surface area contributed by atoms with Gasteiger partial charge in [0.25, 0.3) is 0 Å². The summed E-state index contributed by atoms with van der Waals surface area (Å²) in [4.78, 5) is 27.1. The molecule has 1 saturated heterocycles. The number of benzene rings is 1. The summed E-state index contributed by atoms with van der Waals surface area (Å²) in [7, 11) is 1.30. The molecule has 0 spiro atoms. The Balaban J connectivity index is 1.95. The van der Waals surface area contributed by atoms with E-state index in [1.165, 1.54) is 23.9 Å². The molecule has 114 valence electrons. The molecular weight excluding hydrogens is 268 g/mol. The Morgan fingerprint density at radius 2 is 1.81 bits per heavy atom. The summed E-state index contributed by atoms with van der Waals surface area (Å²) in [6.45, 7) is 7.09. The number of carbonyl (C=O) groups is 2. The van der Waals surface area contributed by atoms with E-state index < -0.39 is 5.97 Å². The Morgan fingerprint density at radius 3 is 2.43 bits per heavy atom. The Kier molecular flexibility index (Phi) is 4.83. The zero-order valence-corrected chi connectivity index (χ0v) is 12.9. The van der Waals surface area contributed by atoms with E-state index in [-0.39, 0.29) is 12.3 Å². The average molecular weight is 290 g/mol. The van der Waals surface area contributed by atoms with Crippen LogP contribution >= 0.6 is 0 Å². The van der Waals surface area contributed by atoms with Crippen molar-refractivity contribution in [3.05, 3.63) is 29.3 Å². The molecule has 1 aromatic rings. The Labute approximate surface area is 125 Å². The Hall–Kier alpha value is -2.04. The van der Waals surface area contributed by atoms with E-state index in [9.17, 15) is 9.59 Å². The number of esters is 1. The third-order valence-electron chi connectivity index (χ3n) is 4.07. The standard InChI is InChI=1S/C16H22N2O3/c1-12-5-4-6-14(13(12)2)17-7-9-18(10-8-17)15(19)11-16(20)21-3/h4-6H,7-11H2,1-3H3. The Morgan fingerprint density at radius 1 is 1.14 bits per heavy atom. The first-order valence-electron chi connectivity index (χ1n) is 7.18. The second kappa shape index (κ2) is 6.61. The second-order valence-electron chi connectivity index (χ2n) is 5.34. The number of aryl methyl sites for hydroxylation is 1. The molecule has 0 unspecified atom stereocenters. The predicted molar refractivity (Wildman–Crippen MR) is 81.3 cm³/mol. The molecule has 2 rings (SSSR count). The monoisotopic (exact) mass is 290 g/mol. The lowest BCUT2D eigenvalue weighted by Crippen LogP contribution is -2.49. The van der Waals surface area contributed by atoms with Crippen molar-refractivity contribution in [3.8, 4) is 0 Å². The summed E-state index contributed by atoms with van der Waals surface area (Å²) in [5.41, 5.74) is 3.79. The number of anilines is 1. The van der Waals surface area contributed by atoms with E-state index in [0.717, 1.165) is 13.1 Å². The maximum Gasteiger partial charge on any atom is 0.315 e. The number of nitrogens with zero attached hydrogens (tertiary/aromatic N) is 2. The van der Waals surface area contributed by atoms with Crippen molar-refractivity contribution >= 4 is 17.6 Å². The molecular formula is C16H22N2O3. The maximum absolute atomic E-state index is 11.9. The van der Waals surface area contributed by atoms with E-state index in [1.807, 2.05) is 0 Å². The van der Waals surface area contributed by atoms with E-state index in [0.29, 0.717) is 13.1 Å². The van der Waals surface area contributed by atoms with Crippen LogP contribution in [0.15, 0.2) is 18.2 Å². The van der Waals surface area contributed by atoms with Gasteiger partial charge >= 0.3 is 5.97 Å². The van der Waals surface area contributed by atoms with Crippen LogP contribution in [0, 0.1) is 13.8 Å². The fraction of sp³-hybridized carbons (Fsp3) is 0.500. The lowest BCUT2D eigenvalue weighted by Gasteiger charge is -2.37. The van der Waals surface area contributed by atoms with Gasteiger partial charge in [0, 0.05) is 31.9 Å². The van der Waals surface area contributed by atoms with E-state index in [1.54, 1.807) is 4.90 Å². The zero-order valence-electron chi connectivity index (χ0n) is 12.9. The van der Waals surface area contributed by atoms with Gasteiger partial charge in [0.1, 0.15) is 6.42 Å². The molecule has 1 aliphatic heterocycles. The molecule has 1 fully saturated rings. The highest BCUT2D eigenvalue weighted by molar-refractivity contribution is 5.94. The van der Waals surface area contributed by atoms with Crippen LogP contribution in [0.25, 0.3) is 0 Å². The van der Waals surface area contributed by atoms with Crippen LogP contribution in [-0.4, -0.2) is 50.1 Å². The summed E-state index contributed by atoms with van der Waals surface area (Å²) >= 11 is 0. The zero-order chi connectivity index (χ0) is 15.4. The van der Waals surface area contributed by atoms with Crippen LogP contribution in [0.2, 0.25) is 0 Å². The number of ether oxygens (including phenoxy) is 1. The van der Waals surface area contributed by atoms with Gasteiger partial charge in [-0.15, -0.1) is 0 Å². The van der Waals surface area contributed by atoms with Crippen molar-refractivity contribution < 1.29 is 14.3 Å². The van der Waals surface area contributed by atoms with Gasteiger partial charge in [0.05, 0.1) is 7.11 Å². The van der Waals surface area contributed by atoms with Gasteiger partial charge in [0.2, 0.25) is 5.91 Å². The lowest BCUT2D eigenvalue weighted by atomic mass is 10.1. The summed E-state index contributed by atoms with van der Waals surface area (Å²) in [5.74, 6) is -0.626. The summed E-state index contributed by atoms with van der Waals surface area (Å²) in [5, 5.41) is 0. The number of rotatable bonds is 3. The Bertz CT molecular complexity index is 534. The van der Waals surface area contributed by atoms with Gasteiger partial charge in [0.15, 0.2) is 0 Å². The van der Waals surface area contributed by atoms with E-state index >= 15 is 0 Å². The molecule has 0 saturated carbocycles. The molecule has 0 bridgehead atoms. The molecule has 0 radical (unpaired) electrons. The summed E-state index contributed by atoms with van der Waals surface area (Å²) in [6, 6.07) is 6.29. The van der Waals surface area contributed by atoms with Crippen LogP contribution in [0.1, 0.15) is 17.5 Å². The molecule has 21 heavy (non-hydrogen) atoms. The van der Waals surface area contributed by atoms with Crippen LogP contribution in [0.4, 0.5) is 5.69 Å². The third-order valence-corrected chi connectivity index (χ3v) is 4.07. The summed E-state index contributed by atoms with van der Waals surface area (Å²) < 4.78 is 4.53. The fourth-order valence-corrected chi connectivity index (χ4v) is 2.58. The minimum Gasteiger partial charge on any atom is -0.469 e. The number of hydrogen-bond acceptors (Lipinski definition) is 4. The SMILES string of the molecule is COC(=O)CC(=O)N1CCN(c2cccc(C)c2C)CC1. The van der Waals surface area contributed by atoms with Gasteiger partial charge < -0.3 is 14.5 Å². The lowest BCUT2D eigenvalue weighted by molar-refractivity contribution is -0.146. The molecule has 0 atom stereocenters. The van der Waals surface area contributed by atoms with Crippen LogP contribution < -0.4 is 4.90 Å². The van der Waals surface area contributed by atoms with Gasteiger partial charge in [-0.2, -0.15) is 0 Å². The van der Waals surface area contributed by atoms with Crippen molar-refractivity contribution in [1.29, 1.82) is 0 Å². The highest BCUT2D eigenvalue weighted by Gasteiger charge is 2.23. The number of methoxy groups -OCH3 is 1. The first-order valence-corrected chi connectivity index (χ1v) is 7.18. The topological polar surface area (TPSA) is 49.9 Å². The van der Waals surface area contributed by atoms with Crippen LogP contribution in [0.5, 0.6) is 0 Å². The van der Waals surface area contributed by atoms with E-state index in [2.05, 4.69) is 41.7 Å². The number of hydrogen-bond donors (Lipinski definition) is 0. The molecule has 1 aromatic carbocycles. The van der Waals surface area contributed by atoms with Crippen molar-refractivity contribution in [1.82, 2.24) is 4.90 Å². The first-order chi connectivity index (χ1) is 10.0. The van der Waals surface area contributed by atoms with Crippen molar-refractivity contribution in [2.45, 2.75) is 20.3 Å². The largest absolute Gasteiger partial charge is 0.469 e. The first kappa shape index (κ1) is 15.4. The van der Waals surface area contributed by atoms with Crippen molar-refractivity contribution in [3.63, 3.8) is 0 Å². The van der Waals surface area contributed by atoms with Crippen molar-refractivity contribution in [2.24, 2.45) is 0 Å². The minimum absolute atomic E-state index is 0.150. The van der Waals surface area contributed by atoms with E-state index in [4.69, 9.17) is 0 Å². The predicted octanol–water partition coefficient (Wildman–Crippen LogP) is 1.52. The second-order valence-corrected chi connectivity index (χ2v) is 5.34. The van der Waals surface area contributed by atoms with Crippen molar-refractivity contribution in [2.75, 3.05) is 38.2 Å². The third kappa shape index (κ3) is 3.54. The fourth-order valence-electron chi connectivity index (χ4n) is 2.58. The quantitative estimate of drug-likeness (QED) is 0.625. The van der Waals surface area contributed by atoms with Crippen LogP contribution in [0.3, 0.4) is 0 Å². The minimum atomic E-state index is -0.475. The van der Waals surface area contributed by atoms with Crippen LogP contribution in [-0.2, 0) is 14.3 Å². The smallest absolute Gasteiger partial charge is 0.315 e. The van der Waals surface area contributed by atoms with Gasteiger partial charge in [-0.25, -0.2) is 0 Å². The summed E-state index contributed by atoms with van der Waals surface area (Å²) in [6.07, 6.45) is -0.167. The highest BCUT2D eigenvalue weighted by Crippen LogP contribution is 2.23. The molecule has 1 amide bonds. The highest BCUT2D eigenvalue weighted by atomic mass is 16.5. The molecule has 0 aliphatic carbocycles. The molecule has 1 aliphatic rings. The number of amides is 1. The van der Waals surface area contributed by atoms with Gasteiger partial charge in [-0.1, -0.05) is 12.1 Å². The molecule has 0 aromatic heterocycles. The maximum atomic E-state index is 11.9. The van der Waals surface area contributed by atoms with Gasteiger partial charge in [-0.3, -0.25) is 9.59 Å².